The number of rotatable bonds is 4. The molecule has 0 aliphatic heterocycles. The van der Waals surface area contributed by atoms with E-state index in [1.165, 1.54) is 0 Å². The van der Waals surface area contributed by atoms with Crippen LogP contribution in [0.25, 0.3) is 10.2 Å². The SMILES string of the molecule is CCc1nnc(Nc2ccc3ncsc3c2)nc1CC. The van der Waals surface area contributed by atoms with Crippen LogP contribution in [0.2, 0.25) is 0 Å². The third-order valence-corrected chi connectivity index (χ3v) is 3.89. The molecule has 20 heavy (non-hydrogen) atoms. The van der Waals surface area contributed by atoms with E-state index >= 15 is 0 Å². The highest BCUT2D eigenvalue weighted by Crippen LogP contribution is 2.23. The number of thiazole rings is 1. The molecule has 0 bridgehead atoms. The minimum atomic E-state index is 0.544. The molecule has 3 aromatic rings. The van der Waals surface area contributed by atoms with E-state index in [4.69, 9.17) is 0 Å². The molecule has 0 aliphatic rings. The zero-order valence-electron chi connectivity index (χ0n) is 11.4. The van der Waals surface area contributed by atoms with E-state index in [-0.39, 0.29) is 0 Å². The summed E-state index contributed by atoms with van der Waals surface area (Å²) in [5.74, 6) is 0.544. The zero-order valence-corrected chi connectivity index (χ0v) is 12.2. The predicted molar refractivity (Wildman–Crippen MR) is 81.5 cm³/mol. The number of aromatic nitrogens is 4. The zero-order chi connectivity index (χ0) is 13.9. The van der Waals surface area contributed by atoms with Crippen LogP contribution < -0.4 is 5.32 Å². The Hall–Kier alpha value is -2.08. The first-order chi connectivity index (χ1) is 9.80. The monoisotopic (exact) mass is 285 g/mol. The molecule has 0 spiro atoms. The molecule has 2 heterocycles. The van der Waals surface area contributed by atoms with Gasteiger partial charge in [-0.25, -0.2) is 9.97 Å². The minimum Gasteiger partial charge on any atom is -0.323 e. The number of anilines is 2. The van der Waals surface area contributed by atoms with Gasteiger partial charge in [0, 0.05) is 5.69 Å². The maximum Gasteiger partial charge on any atom is 0.247 e. The fraction of sp³-hybridized carbons (Fsp3) is 0.286. The Balaban J connectivity index is 1.89. The summed E-state index contributed by atoms with van der Waals surface area (Å²) < 4.78 is 1.14. The summed E-state index contributed by atoms with van der Waals surface area (Å²) in [6.07, 6.45) is 1.72. The maximum absolute atomic E-state index is 4.53. The van der Waals surface area contributed by atoms with E-state index in [0.717, 1.165) is 40.1 Å². The minimum absolute atomic E-state index is 0.544. The van der Waals surface area contributed by atoms with Crippen LogP contribution in [-0.4, -0.2) is 20.2 Å². The lowest BCUT2D eigenvalue weighted by Crippen LogP contribution is -2.06. The highest BCUT2D eigenvalue weighted by atomic mass is 32.1. The van der Waals surface area contributed by atoms with Crippen LogP contribution in [0.3, 0.4) is 0 Å². The van der Waals surface area contributed by atoms with Crippen molar-refractivity contribution in [3.63, 3.8) is 0 Å². The van der Waals surface area contributed by atoms with Crippen molar-refractivity contribution >= 4 is 33.2 Å². The Kier molecular flexibility index (Phi) is 3.56. The normalized spacial score (nSPS) is 10.9. The van der Waals surface area contributed by atoms with Crippen molar-refractivity contribution in [1.29, 1.82) is 0 Å². The Bertz CT molecular complexity index is 737. The second-order valence-corrected chi connectivity index (χ2v) is 5.28. The van der Waals surface area contributed by atoms with Crippen molar-refractivity contribution in [1.82, 2.24) is 20.2 Å². The first-order valence-electron chi connectivity index (χ1n) is 6.63. The van der Waals surface area contributed by atoms with Gasteiger partial charge in [0.15, 0.2) is 0 Å². The van der Waals surface area contributed by atoms with Crippen molar-refractivity contribution in [2.45, 2.75) is 26.7 Å². The fourth-order valence-electron chi connectivity index (χ4n) is 2.05. The standard InChI is InChI=1S/C14H15N5S/c1-3-10-11(4-2)18-19-14(17-10)16-9-5-6-12-13(7-9)20-8-15-12/h5-8H,3-4H2,1-2H3,(H,16,17,19). The summed E-state index contributed by atoms with van der Waals surface area (Å²) in [6.45, 7) is 4.14. The largest absolute Gasteiger partial charge is 0.323 e. The van der Waals surface area contributed by atoms with Crippen molar-refractivity contribution in [3.05, 3.63) is 35.1 Å². The fourth-order valence-corrected chi connectivity index (χ4v) is 2.77. The van der Waals surface area contributed by atoms with Gasteiger partial charge in [0.25, 0.3) is 0 Å². The van der Waals surface area contributed by atoms with Crippen molar-refractivity contribution in [2.75, 3.05) is 5.32 Å². The molecular formula is C14H15N5S. The molecule has 0 unspecified atom stereocenters. The van der Waals surface area contributed by atoms with Crippen LogP contribution in [0.4, 0.5) is 11.6 Å². The van der Waals surface area contributed by atoms with Gasteiger partial charge in [0.05, 0.1) is 27.1 Å². The highest BCUT2D eigenvalue weighted by molar-refractivity contribution is 7.16. The number of hydrogen-bond acceptors (Lipinski definition) is 6. The first-order valence-corrected chi connectivity index (χ1v) is 7.51. The topological polar surface area (TPSA) is 63.6 Å². The van der Waals surface area contributed by atoms with E-state index in [0.29, 0.717) is 5.95 Å². The van der Waals surface area contributed by atoms with Crippen LogP contribution in [0.15, 0.2) is 23.7 Å². The van der Waals surface area contributed by atoms with Gasteiger partial charge in [0.1, 0.15) is 0 Å². The molecule has 102 valence electrons. The van der Waals surface area contributed by atoms with E-state index in [1.54, 1.807) is 11.3 Å². The molecule has 5 nitrogen and oxygen atoms in total. The van der Waals surface area contributed by atoms with Gasteiger partial charge in [0.2, 0.25) is 5.95 Å². The van der Waals surface area contributed by atoms with Gasteiger partial charge in [-0.15, -0.1) is 21.5 Å². The molecule has 1 N–H and O–H groups in total. The van der Waals surface area contributed by atoms with E-state index in [9.17, 15) is 0 Å². The lowest BCUT2D eigenvalue weighted by molar-refractivity contribution is 0.829. The summed E-state index contributed by atoms with van der Waals surface area (Å²) in [4.78, 5) is 8.79. The Morgan fingerprint density at radius 3 is 2.75 bits per heavy atom. The molecule has 3 rings (SSSR count). The van der Waals surface area contributed by atoms with Gasteiger partial charge in [-0.05, 0) is 31.0 Å². The number of fused-ring (bicyclic) bond motifs is 1. The molecule has 0 amide bonds. The number of aryl methyl sites for hydroxylation is 2. The third-order valence-electron chi connectivity index (χ3n) is 3.10. The summed E-state index contributed by atoms with van der Waals surface area (Å²) >= 11 is 1.62. The first kappa shape index (κ1) is 12.9. The average Bonchev–Trinajstić information content (AvgIpc) is 2.94. The van der Waals surface area contributed by atoms with E-state index in [2.05, 4.69) is 45.4 Å². The number of nitrogens with one attached hydrogen (secondary N) is 1. The molecular weight excluding hydrogens is 270 g/mol. The Morgan fingerprint density at radius 1 is 1.10 bits per heavy atom. The third kappa shape index (κ3) is 2.46. The van der Waals surface area contributed by atoms with Gasteiger partial charge < -0.3 is 5.32 Å². The molecule has 0 aliphatic carbocycles. The molecule has 2 aromatic heterocycles. The van der Waals surface area contributed by atoms with Gasteiger partial charge in [-0.3, -0.25) is 0 Å². The summed E-state index contributed by atoms with van der Waals surface area (Å²) in [6, 6.07) is 6.02. The van der Waals surface area contributed by atoms with Crippen LogP contribution in [0.1, 0.15) is 25.2 Å². The molecule has 6 heteroatoms. The molecule has 1 aromatic carbocycles. The molecule has 0 atom stereocenters. The summed E-state index contributed by atoms with van der Waals surface area (Å²) in [7, 11) is 0. The van der Waals surface area contributed by atoms with Crippen molar-refractivity contribution < 1.29 is 0 Å². The number of nitrogens with zero attached hydrogens (tertiary/aromatic N) is 4. The summed E-state index contributed by atoms with van der Waals surface area (Å²) in [5, 5.41) is 11.6. The quantitative estimate of drug-likeness (QED) is 0.796. The predicted octanol–water partition coefficient (Wildman–Crippen LogP) is 3.35. The van der Waals surface area contributed by atoms with Gasteiger partial charge >= 0.3 is 0 Å². The smallest absolute Gasteiger partial charge is 0.247 e. The van der Waals surface area contributed by atoms with Crippen LogP contribution in [-0.2, 0) is 12.8 Å². The molecule has 0 fully saturated rings. The highest BCUT2D eigenvalue weighted by Gasteiger charge is 2.07. The van der Waals surface area contributed by atoms with Crippen LogP contribution in [0.5, 0.6) is 0 Å². The van der Waals surface area contributed by atoms with Crippen LogP contribution in [0, 0.1) is 0 Å². The molecule has 0 radical (unpaired) electrons. The maximum atomic E-state index is 4.53. The van der Waals surface area contributed by atoms with Crippen molar-refractivity contribution in [2.24, 2.45) is 0 Å². The second kappa shape index (κ2) is 5.50. The summed E-state index contributed by atoms with van der Waals surface area (Å²) in [5.41, 5.74) is 5.78. The van der Waals surface area contributed by atoms with E-state index in [1.807, 2.05) is 17.6 Å². The number of benzene rings is 1. The molecule has 0 saturated heterocycles. The van der Waals surface area contributed by atoms with Crippen molar-refractivity contribution in [3.8, 4) is 0 Å². The lowest BCUT2D eigenvalue weighted by atomic mass is 10.2. The van der Waals surface area contributed by atoms with Gasteiger partial charge in [-0.1, -0.05) is 13.8 Å². The Morgan fingerprint density at radius 2 is 1.95 bits per heavy atom. The van der Waals surface area contributed by atoms with Crippen LogP contribution >= 0.6 is 11.3 Å². The number of hydrogen-bond donors (Lipinski definition) is 1. The lowest BCUT2D eigenvalue weighted by Gasteiger charge is -2.07. The van der Waals surface area contributed by atoms with Gasteiger partial charge in [-0.2, -0.15) is 0 Å². The molecule has 0 saturated carbocycles. The van der Waals surface area contributed by atoms with E-state index < -0.39 is 0 Å². The second-order valence-electron chi connectivity index (χ2n) is 4.40. The average molecular weight is 285 g/mol. The Labute approximate surface area is 121 Å².